The van der Waals surface area contributed by atoms with E-state index in [-0.39, 0.29) is 11.4 Å². The Bertz CT molecular complexity index is 456. The maximum atomic E-state index is 12.3. The van der Waals surface area contributed by atoms with E-state index in [1.54, 1.807) is 25.4 Å². The first-order valence-corrected chi connectivity index (χ1v) is 7.17. The van der Waals surface area contributed by atoms with Crippen LogP contribution in [0, 0.1) is 0 Å². The molecule has 0 aliphatic heterocycles. The van der Waals surface area contributed by atoms with Crippen molar-refractivity contribution in [3.8, 4) is 5.88 Å². The first-order chi connectivity index (χ1) is 9.69. The van der Waals surface area contributed by atoms with E-state index in [9.17, 15) is 4.79 Å². The minimum atomic E-state index is -0.0578. The lowest BCUT2D eigenvalue weighted by Gasteiger charge is -2.36. The zero-order chi connectivity index (χ0) is 14.4. The van der Waals surface area contributed by atoms with Crippen LogP contribution in [0.2, 0.25) is 0 Å². The fourth-order valence-electron chi connectivity index (χ4n) is 2.89. The molecule has 1 amide bonds. The summed E-state index contributed by atoms with van der Waals surface area (Å²) in [5, 5.41) is 6.26. The molecule has 5 heteroatoms. The third-order valence-electron chi connectivity index (χ3n) is 4.08. The maximum Gasteiger partial charge on any atom is 0.237 e. The van der Waals surface area contributed by atoms with Crippen LogP contribution in [-0.2, 0) is 4.79 Å². The van der Waals surface area contributed by atoms with Crippen LogP contribution in [-0.4, -0.2) is 30.6 Å². The van der Waals surface area contributed by atoms with Gasteiger partial charge in [-0.3, -0.25) is 4.79 Å². The van der Waals surface area contributed by atoms with Gasteiger partial charge in [0, 0.05) is 18.2 Å². The van der Waals surface area contributed by atoms with Gasteiger partial charge in [-0.15, -0.1) is 0 Å². The topological polar surface area (TPSA) is 63.2 Å². The third-order valence-corrected chi connectivity index (χ3v) is 4.08. The van der Waals surface area contributed by atoms with Gasteiger partial charge in [-0.25, -0.2) is 4.98 Å². The average molecular weight is 277 g/mol. The van der Waals surface area contributed by atoms with E-state index in [1.165, 1.54) is 19.3 Å². The molecule has 1 heterocycles. The van der Waals surface area contributed by atoms with Crippen LogP contribution in [0.3, 0.4) is 0 Å². The molecule has 0 saturated heterocycles. The number of hydrogen-bond donors (Lipinski definition) is 2. The highest BCUT2D eigenvalue weighted by atomic mass is 16.5. The van der Waals surface area contributed by atoms with Gasteiger partial charge >= 0.3 is 0 Å². The number of hydrogen-bond acceptors (Lipinski definition) is 4. The van der Waals surface area contributed by atoms with Crippen LogP contribution in [0.5, 0.6) is 5.88 Å². The quantitative estimate of drug-likeness (QED) is 0.867. The van der Waals surface area contributed by atoms with E-state index in [4.69, 9.17) is 4.74 Å². The summed E-state index contributed by atoms with van der Waals surface area (Å²) in [4.78, 5) is 16.4. The number of aromatic nitrogens is 1. The van der Waals surface area contributed by atoms with Crippen LogP contribution in [0.4, 0.5) is 5.69 Å². The number of amides is 1. The Kier molecular flexibility index (Phi) is 4.95. The molecule has 1 fully saturated rings. The van der Waals surface area contributed by atoms with Crippen molar-refractivity contribution in [3.63, 3.8) is 0 Å². The molecule has 1 aliphatic carbocycles. The molecule has 1 aromatic rings. The Balaban J connectivity index is 2.01. The molecule has 1 aromatic heterocycles. The Labute approximate surface area is 120 Å². The van der Waals surface area contributed by atoms with Gasteiger partial charge in [-0.2, -0.15) is 0 Å². The second-order valence-electron chi connectivity index (χ2n) is 5.38. The first kappa shape index (κ1) is 14.8. The summed E-state index contributed by atoms with van der Waals surface area (Å²) in [6, 6.07) is 3.59. The van der Waals surface area contributed by atoms with Gasteiger partial charge in [0.1, 0.15) is 5.69 Å². The minimum absolute atomic E-state index is 0.00699. The second kappa shape index (κ2) is 6.70. The Morgan fingerprint density at radius 3 is 2.80 bits per heavy atom. The van der Waals surface area contributed by atoms with E-state index >= 15 is 0 Å². The number of methoxy groups -OCH3 is 1. The summed E-state index contributed by atoms with van der Waals surface area (Å²) in [5.74, 6) is 0.454. The van der Waals surface area contributed by atoms with Crippen molar-refractivity contribution in [2.24, 2.45) is 0 Å². The predicted octanol–water partition coefficient (Wildman–Crippen LogP) is 2.34. The van der Waals surface area contributed by atoms with Gasteiger partial charge < -0.3 is 15.4 Å². The number of nitrogens with one attached hydrogen (secondary N) is 2. The molecule has 5 nitrogen and oxygen atoms in total. The highest BCUT2D eigenvalue weighted by molar-refractivity contribution is 5.92. The average Bonchev–Trinajstić information content (AvgIpc) is 2.48. The molecule has 0 radical (unpaired) electrons. The van der Waals surface area contributed by atoms with Gasteiger partial charge in [0.15, 0.2) is 0 Å². The lowest BCUT2D eigenvalue weighted by Crippen LogP contribution is -2.47. The van der Waals surface area contributed by atoms with Crippen molar-refractivity contribution in [2.45, 2.75) is 44.1 Å². The van der Waals surface area contributed by atoms with Gasteiger partial charge in [0.05, 0.1) is 7.11 Å². The maximum absolute atomic E-state index is 12.3. The summed E-state index contributed by atoms with van der Waals surface area (Å²) < 4.78 is 5.15. The van der Waals surface area contributed by atoms with Crippen molar-refractivity contribution in [1.29, 1.82) is 0 Å². The molecule has 0 atom stereocenters. The van der Waals surface area contributed by atoms with Crippen molar-refractivity contribution in [2.75, 3.05) is 19.5 Å². The molecule has 110 valence electrons. The highest BCUT2D eigenvalue weighted by Crippen LogP contribution is 2.31. The standard InChI is InChI=1S/C15H23N3O2/c1-16-15(8-4-3-5-9-15)11-13(19)18-12-7-6-10-17-14(12)20-2/h6-7,10,16H,3-5,8-9,11H2,1-2H3,(H,18,19). The molecule has 20 heavy (non-hydrogen) atoms. The van der Waals surface area contributed by atoms with E-state index in [0.717, 1.165) is 12.8 Å². The Morgan fingerprint density at radius 1 is 1.40 bits per heavy atom. The normalized spacial score (nSPS) is 17.5. The monoisotopic (exact) mass is 277 g/mol. The van der Waals surface area contributed by atoms with Crippen molar-refractivity contribution in [3.05, 3.63) is 18.3 Å². The third kappa shape index (κ3) is 3.48. The largest absolute Gasteiger partial charge is 0.480 e. The van der Waals surface area contributed by atoms with E-state index in [0.29, 0.717) is 18.0 Å². The summed E-state index contributed by atoms with van der Waals surface area (Å²) in [7, 11) is 3.50. The van der Waals surface area contributed by atoms with Crippen LogP contribution in [0.25, 0.3) is 0 Å². The zero-order valence-electron chi connectivity index (χ0n) is 12.2. The van der Waals surface area contributed by atoms with Gasteiger partial charge in [-0.05, 0) is 32.0 Å². The first-order valence-electron chi connectivity index (χ1n) is 7.17. The lowest BCUT2D eigenvalue weighted by molar-refractivity contribution is -0.117. The van der Waals surface area contributed by atoms with Crippen molar-refractivity contribution in [1.82, 2.24) is 10.3 Å². The van der Waals surface area contributed by atoms with Crippen LogP contribution in [0.15, 0.2) is 18.3 Å². The molecule has 2 rings (SSSR count). The Hall–Kier alpha value is -1.62. The van der Waals surface area contributed by atoms with E-state index in [1.807, 2.05) is 7.05 Å². The minimum Gasteiger partial charge on any atom is -0.480 e. The van der Waals surface area contributed by atoms with Crippen LogP contribution in [0.1, 0.15) is 38.5 Å². The number of ether oxygens (including phenoxy) is 1. The number of rotatable bonds is 5. The summed E-state index contributed by atoms with van der Waals surface area (Å²) >= 11 is 0. The van der Waals surface area contributed by atoms with Crippen molar-refractivity contribution < 1.29 is 9.53 Å². The molecule has 0 aromatic carbocycles. The summed E-state index contributed by atoms with van der Waals surface area (Å²) in [5.41, 5.74) is 0.569. The smallest absolute Gasteiger partial charge is 0.237 e. The molecule has 1 aliphatic rings. The van der Waals surface area contributed by atoms with Gasteiger partial charge in [0.2, 0.25) is 11.8 Å². The predicted molar refractivity (Wildman–Crippen MR) is 78.9 cm³/mol. The number of nitrogens with zero attached hydrogens (tertiary/aromatic N) is 1. The molecule has 1 saturated carbocycles. The van der Waals surface area contributed by atoms with Gasteiger partial charge in [0.25, 0.3) is 0 Å². The Morgan fingerprint density at radius 2 is 2.15 bits per heavy atom. The van der Waals surface area contributed by atoms with E-state index < -0.39 is 0 Å². The molecule has 2 N–H and O–H groups in total. The molecular formula is C15H23N3O2. The van der Waals surface area contributed by atoms with Crippen LogP contribution >= 0.6 is 0 Å². The lowest BCUT2D eigenvalue weighted by atomic mass is 9.79. The zero-order valence-corrected chi connectivity index (χ0v) is 12.2. The molecular weight excluding hydrogens is 254 g/mol. The summed E-state index contributed by atoms with van der Waals surface area (Å²) in [6.07, 6.45) is 7.88. The van der Waals surface area contributed by atoms with Crippen molar-refractivity contribution >= 4 is 11.6 Å². The summed E-state index contributed by atoms with van der Waals surface area (Å²) in [6.45, 7) is 0. The SMILES string of the molecule is CNC1(CC(=O)Nc2cccnc2OC)CCCCC1. The molecule has 0 unspecified atom stereocenters. The van der Waals surface area contributed by atoms with Gasteiger partial charge in [-0.1, -0.05) is 19.3 Å². The number of anilines is 1. The number of carbonyl (C=O) groups is 1. The molecule has 0 bridgehead atoms. The number of carbonyl (C=O) groups excluding carboxylic acids is 1. The second-order valence-corrected chi connectivity index (χ2v) is 5.38. The number of pyridine rings is 1. The fraction of sp³-hybridized carbons (Fsp3) is 0.600. The highest BCUT2D eigenvalue weighted by Gasteiger charge is 2.32. The fourth-order valence-corrected chi connectivity index (χ4v) is 2.89. The van der Waals surface area contributed by atoms with Crippen LogP contribution < -0.4 is 15.4 Å². The molecule has 0 spiro atoms. The van der Waals surface area contributed by atoms with E-state index in [2.05, 4.69) is 15.6 Å².